The number of methoxy groups -OCH3 is 1. The summed E-state index contributed by atoms with van der Waals surface area (Å²) >= 11 is 1.33. The van der Waals surface area contributed by atoms with E-state index in [9.17, 15) is 22.7 Å². The molecule has 10 rings (SSSR count). The quantitative estimate of drug-likeness (QED) is 0.121. The van der Waals surface area contributed by atoms with Crippen molar-refractivity contribution < 1.29 is 50.6 Å². The van der Waals surface area contributed by atoms with Gasteiger partial charge >= 0.3 is 5.97 Å². The fourth-order valence-electron chi connectivity index (χ4n) is 7.91. The second-order valence-electron chi connectivity index (χ2n) is 16.0. The summed E-state index contributed by atoms with van der Waals surface area (Å²) in [7, 11) is -2.64. The lowest BCUT2D eigenvalue weighted by Crippen LogP contribution is -2.31. The van der Waals surface area contributed by atoms with E-state index in [1.807, 2.05) is 57.2 Å². The molecular weight excluding hydrogens is 912 g/mol. The van der Waals surface area contributed by atoms with Crippen molar-refractivity contribution in [2.45, 2.75) is 50.9 Å². The molecule has 8 aromatic rings. The van der Waals surface area contributed by atoms with Crippen LogP contribution in [0.2, 0.25) is 0 Å². The van der Waals surface area contributed by atoms with Gasteiger partial charge in [0.1, 0.15) is 59.8 Å². The van der Waals surface area contributed by atoms with Gasteiger partial charge < -0.3 is 28.8 Å². The molecule has 17 heteroatoms. The van der Waals surface area contributed by atoms with E-state index < -0.39 is 40.7 Å². The number of aromatic nitrogens is 4. The molecule has 5 heterocycles. The van der Waals surface area contributed by atoms with Gasteiger partial charge in [-0.25, -0.2) is 29.1 Å². The van der Waals surface area contributed by atoms with E-state index in [1.165, 1.54) is 41.9 Å². The molecule has 0 radical (unpaired) electrons. The van der Waals surface area contributed by atoms with Crippen LogP contribution in [0.4, 0.5) is 4.39 Å². The Morgan fingerprint density at radius 3 is 2.37 bits per heavy atom. The van der Waals surface area contributed by atoms with Crippen LogP contribution >= 0.6 is 11.3 Å². The zero-order valence-electron chi connectivity index (χ0n) is 37.1. The highest BCUT2D eigenvalue weighted by Crippen LogP contribution is 2.49. The van der Waals surface area contributed by atoms with E-state index in [4.69, 9.17) is 32.9 Å². The van der Waals surface area contributed by atoms with Crippen molar-refractivity contribution in [1.29, 1.82) is 0 Å². The summed E-state index contributed by atoms with van der Waals surface area (Å²) in [5.41, 5.74) is 6.10. The summed E-state index contributed by atoms with van der Waals surface area (Å²) in [4.78, 5) is 32.8. The van der Waals surface area contributed by atoms with Gasteiger partial charge in [0.25, 0.3) is 10.1 Å². The molecule has 0 aliphatic carbocycles. The third-order valence-corrected chi connectivity index (χ3v) is 13.6. The first kappa shape index (κ1) is 45.7. The number of nitrogens with zero attached hydrogens (tertiary/aromatic N) is 4. The Hall–Kier alpha value is -7.47. The molecule has 0 saturated heterocycles. The van der Waals surface area contributed by atoms with Crippen molar-refractivity contribution in [3.05, 3.63) is 155 Å². The zero-order chi connectivity index (χ0) is 47.5. The van der Waals surface area contributed by atoms with Crippen LogP contribution in [0.15, 0.2) is 127 Å². The Labute approximate surface area is 395 Å². The lowest BCUT2D eigenvalue weighted by Gasteiger charge is -2.22. The Balaban J connectivity index is 1.14. The van der Waals surface area contributed by atoms with Crippen LogP contribution in [0.3, 0.4) is 0 Å². The fourth-order valence-corrected chi connectivity index (χ4v) is 9.99. The molecule has 1 N–H and O–H groups in total. The molecule has 0 amide bonds. The number of carbonyl (C=O) groups is 1. The average molecular weight is 955 g/mol. The molecule has 0 saturated carbocycles. The lowest BCUT2D eigenvalue weighted by atomic mass is 9.92. The molecule has 4 bridgehead atoms. The number of halogens is 1. The zero-order valence-corrected chi connectivity index (χ0v) is 38.8. The predicted molar refractivity (Wildman–Crippen MR) is 252 cm³/mol. The fraction of sp³-hybridized carbons (Fsp3) is 0.196. The Morgan fingerprint density at radius 1 is 0.853 bits per heavy atom. The van der Waals surface area contributed by atoms with Gasteiger partial charge in [-0.3, -0.25) is 4.18 Å². The molecule has 5 aromatic carbocycles. The lowest BCUT2D eigenvalue weighted by molar-refractivity contribution is -0.145. The van der Waals surface area contributed by atoms with Gasteiger partial charge in [-0.15, -0.1) is 11.3 Å². The maximum atomic E-state index is 14.3. The minimum absolute atomic E-state index is 0.0129. The van der Waals surface area contributed by atoms with Crippen molar-refractivity contribution >= 4 is 37.6 Å². The van der Waals surface area contributed by atoms with Gasteiger partial charge in [-0.05, 0) is 116 Å². The van der Waals surface area contributed by atoms with E-state index in [0.717, 1.165) is 27.1 Å². The van der Waals surface area contributed by atoms with Crippen LogP contribution in [0, 0.1) is 26.6 Å². The number of fused-ring (bicyclic) bond motifs is 7. The van der Waals surface area contributed by atoms with Gasteiger partial charge in [0.15, 0.2) is 11.9 Å². The average Bonchev–Trinajstić information content (AvgIpc) is 3.71. The number of carboxylic acids is 1. The summed E-state index contributed by atoms with van der Waals surface area (Å²) in [6, 6.07) is 30.0. The Bertz CT molecular complexity index is 3250. The summed E-state index contributed by atoms with van der Waals surface area (Å²) in [5.74, 6) is 0.377. The van der Waals surface area contributed by atoms with Gasteiger partial charge in [0.05, 0.1) is 28.6 Å². The number of aryl methyl sites for hydroxylation is 3. The number of benzene rings is 5. The van der Waals surface area contributed by atoms with Crippen LogP contribution < -0.4 is 23.7 Å². The van der Waals surface area contributed by atoms with Gasteiger partial charge in [0, 0.05) is 28.6 Å². The van der Waals surface area contributed by atoms with Crippen molar-refractivity contribution in [3.63, 3.8) is 0 Å². The highest BCUT2D eigenvalue weighted by molar-refractivity contribution is 7.86. The van der Waals surface area contributed by atoms with Crippen molar-refractivity contribution in [3.8, 4) is 61.8 Å². The first-order valence-electron chi connectivity index (χ1n) is 21.3. The Morgan fingerprint density at radius 2 is 1.62 bits per heavy atom. The van der Waals surface area contributed by atoms with Crippen molar-refractivity contribution in [2.75, 3.05) is 20.3 Å². The standard InChI is InChI=1S/C51H43FN4O10S2/c1-29-9-16-39(17-10-29)68(59,60)64-27-38-26-62-36-15-18-41(63-25-35-19-20-53-48(56-35)40-7-5-6-8-42(40)61-4)33(23-36)24-43(51(57)58)66-49-46-45(44-30(2)21-37(65-38)22-31(44)3)47(67-50(46)55-28-54-49)32-11-13-34(52)14-12-32/h5-23,28,38,43H,24-27H2,1-4H3,(H,57,58)/t38-,43+/m0/s1. The van der Waals surface area contributed by atoms with Crippen LogP contribution in [0.25, 0.3) is 43.2 Å². The van der Waals surface area contributed by atoms with E-state index >= 15 is 0 Å². The molecule has 2 aliphatic heterocycles. The second-order valence-corrected chi connectivity index (χ2v) is 18.6. The maximum Gasteiger partial charge on any atom is 0.345 e. The minimum Gasteiger partial charge on any atom is -0.496 e. The topological polar surface area (TPSA) is 178 Å². The number of rotatable bonds is 11. The maximum absolute atomic E-state index is 14.3. The SMILES string of the molecule is COc1ccccc1-c1nccc(COc2ccc3cc2C[C@H](C(=O)O)Oc2ncnc4sc(-c5ccc(F)cc5)c(c24)-c2c(C)cc(cc2C)O[C@H](COS(=O)(=O)c2ccc(C)cc2)CO3)n1. The van der Waals surface area contributed by atoms with E-state index in [0.29, 0.717) is 67.0 Å². The molecule has 0 spiro atoms. The highest BCUT2D eigenvalue weighted by Gasteiger charge is 2.30. The van der Waals surface area contributed by atoms with Gasteiger partial charge in [0.2, 0.25) is 12.0 Å². The largest absolute Gasteiger partial charge is 0.496 e. The molecule has 2 aliphatic rings. The van der Waals surface area contributed by atoms with E-state index in [1.54, 1.807) is 61.8 Å². The monoisotopic (exact) mass is 954 g/mol. The molecule has 0 unspecified atom stereocenters. The number of carboxylic acid groups (broad SMARTS) is 1. The first-order valence-corrected chi connectivity index (χ1v) is 23.6. The molecule has 14 nitrogen and oxygen atoms in total. The van der Waals surface area contributed by atoms with Crippen LogP contribution in [-0.2, 0) is 32.1 Å². The molecule has 68 heavy (non-hydrogen) atoms. The number of para-hydroxylation sites is 1. The highest BCUT2D eigenvalue weighted by atomic mass is 32.2. The summed E-state index contributed by atoms with van der Waals surface area (Å²) in [5, 5.41) is 11.3. The predicted octanol–water partition coefficient (Wildman–Crippen LogP) is 9.75. The molecule has 346 valence electrons. The van der Waals surface area contributed by atoms with E-state index in [2.05, 4.69) is 15.0 Å². The Kier molecular flexibility index (Phi) is 13.0. The van der Waals surface area contributed by atoms with Crippen LogP contribution in [0.5, 0.6) is 28.9 Å². The second kappa shape index (κ2) is 19.4. The van der Waals surface area contributed by atoms with Gasteiger partial charge in [-0.1, -0.05) is 42.0 Å². The third kappa shape index (κ3) is 9.81. The molecular formula is C51H43FN4O10S2. The number of aliphatic carboxylic acids is 1. The normalized spacial score (nSPS) is 14.9. The number of hydrogen-bond donors (Lipinski definition) is 1. The van der Waals surface area contributed by atoms with Crippen molar-refractivity contribution in [1.82, 2.24) is 19.9 Å². The number of hydrogen-bond acceptors (Lipinski definition) is 14. The number of ether oxygens (including phenoxy) is 5. The number of thiophene rings is 1. The summed E-state index contributed by atoms with van der Waals surface area (Å²) in [6.07, 6.45) is 0.218. The summed E-state index contributed by atoms with van der Waals surface area (Å²) < 4.78 is 77.9. The third-order valence-electron chi connectivity index (χ3n) is 11.2. The molecule has 3 aromatic heterocycles. The van der Waals surface area contributed by atoms with Crippen LogP contribution in [-0.4, -0.2) is 72.0 Å². The smallest absolute Gasteiger partial charge is 0.345 e. The van der Waals surface area contributed by atoms with Crippen LogP contribution in [0.1, 0.15) is 27.9 Å². The molecule has 2 atom stereocenters. The molecule has 0 fully saturated rings. The van der Waals surface area contributed by atoms with Crippen molar-refractivity contribution in [2.24, 2.45) is 0 Å². The minimum atomic E-state index is -4.21. The first-order chi connectivity index (χ1) is 32.8. The summed E-state index contributed by atoms with van der Waals surface area (Å²) in [6.45, 7) is 5.01. The van der Waals surface area contributed by atoms with Gasteiger partial charge in [-0.2, -0.15) is 8.42 Å². The van der Waals surface area contributed by atoms with E-state index in [-0.39, 0.29) is 30.4 Å².